The number of nitrogens with one attached hydrogen (secondary N) is 1. The zero-order valence-electron chi connectivity index (χ0n) is 13.3. The van der Waals surface area contributed by atoms with Gasteiger partial charge in [-0.1, -0.05) is 0 Å². The number of hydrogen-bond acceptors (Lipinski definition) is 5. The van der Waals surface area contributed by atoms with Crippen molar-refractivity contribution in [2.75, 3.05) is 20.1 Å². The van der Waals surface area contributed by atoms with Crippen LogP contribution in [-0.4, -0.2) is 58.0 Å². The van der Waals surface area contributed by atoms with Crippen molar-refractivity contribution in [1.82, 2.24) is 19.8 Å². The predicted molar refractivity (Wildman–Crippen MR) is 88.3 cm³/mol. The molecule has 1 amide bonds. The SMILES string of the molecule is CN(C[C@@H]1C[C@H](F)CN1Cc1nccs1)C(=O)c1c[nH]c(C#N)c1. The van der Waals surface area contributed by atoms with Gasteiger partial charge >= 0.3 is 0 Å². The summed E-state index contributed by atoms with van der Waals surface area (Å²) in [5, 5.41) is 11.7. The van der Waals surface area contributed by atoms with E-state index in [4.69, 9.17) is 5.26 Å². The number of carbonyl (C=O) groups excluding carboxylic acids is 1. The van der Waals surface area contributed by atoms with Crippen molar-refractivity contribution >= 4 is 17.2 Å². The number of rotatable bonds is 5. The fourth-order valence-electron chi connectivity index (χ4n) is 3.01. The van der Waals surface area contributed by atoms with Gasteiger partial charge in [0.15, 0.2) is 0 Å². The maximum Gasteiger partial charge on any atom is 0.255 e. The molecule has 3 heterocycles. The van der Waals surface area contributed by atoms with Gasteiger partial charge in [0.1, 0.15) is 22.9 Å². The summed E-state index contributed by atoms with van der Waals surface area (Å²) >= 11 is 1.55. The number of H-pyrrole nitrogens is 1. The van der Waals surface area contributed by atoms with E-state index in [1.807, 2.05) is 16.3 Å². The predicted octanol–water partition coefficient (Wildman–Crippen LogP) is 2.03. The largest absolute Gasteiger partial charge is 0.352 e. The van der Waals surface area contributed by atoms with E-state index in [0.717, 1.165) is 5.01 Å². The third-order valence-electron chi connectivity index (χ3n) is 4.18. The minimum absolute atomic E-state index is 0.0350. The van der Waals surface area contributed by atoms with Crippen LogP contribution in [0.2, 0.25) is 0 Å². The first-order valence-corrected chi connectivity index (χ1v) is 8.55. The number of hydrogen-bond donors (Lipinski definition) is 1. The van der Waals surface area contributed by atoms with E-state index in [1.165, 1.54) is 12.3 Å². The molecular formula is C16H18FN5OS. The molecule has 1 aliphatic rings. The van der Waals surface area contributed by atoms with Crippen molar-refractivity contribution in [3.63, 3.8) is 0 Å². The first-order chi connectivity index (χ1) is 11.6. The molecule has 0 aromatic carbocycles. The van der Waals surface area contributed by atoms with E-state index in [9.17, 15) is 9.18 Å². The van der Waals surface area contributed by atoms with Gasteiger partial charge in [0.05, 0.1) is 12.1 Å². The van der Waals surface area contributed by atoms with E-state index >= 15 is 0 Å². The molecule has 1 fully saturated rings. The topological polar surface area (TPSA) is 76.0 Å². The Hall–Kier alpha value is -2.24. The minimum Gasteiger partial charge on any atom is -0.352 e. The van der Waals surface area contributed by atoms with Gasteiger partial charge in [0.2, 0.25) is 0 Å². The highest BCUT2D eigenvalue weighted by atomic mass is 32.1. The van der Waals surface area contributed by atoms with Gasteiger partial charge in [0, 0.05) is 44.0 Å². The van der Waals surface area contributed by atoms with E-state index in [2.05, 4.69) is 9.97 Å². The molecule has 1 N–H and O–H groups in total. The van der Waals surface area contributed by atoms with Crippen LogP contribution in [0.4, 0.5) is 4.39 Å². The van der Waals surface area contributed by atoms with E-state index in [1.54, 1.807) is 29.5 Å². The zero-order valence-corrected chi connectivity index (χ0v) is 14.1. The summed E-state index contributed by atoms with van der Waals surface area (Å²) in [6.45, 7) is 1.42. The quantitative estimate of drug-likeness (QED) is 0.898. The first-order valence-electron chi connectivity index (χ1n) is 7.67. The van der Waals surface area contributed by atoms with Gasteiger partial charge in [-0.25, -0.2) is 9.37 Å². The molecule has 0 radical (unpaired) electrons. The van der Waals surface area contributed by atoms with Crippen LogP contribution < -0.4 is 0 Å². The molecule has 8 heteroatoms. The number of aromatic amines is 1. The number of halogens is 1. The summed E-state index contributed by atoms with van der Waals surface area (Å²) in [6, 6.07) is 3.45. The summed E-state index contributed by atoms with van der Waals surface area (Å²) in [5.74, 6) is -0.177. The van der Waals surface area contributed by atoms with Crippen molar-refractivity contribution in [2.24, 2.45) is 0 Å². The number of likely N-dealkylation sites (N-methyl/N-ethyl adjacent to an activating group) is 1. The van der Waals surface area contributed by atoms with Gasteiger partial charge in [0.25, 0.3) is 5.91 Å². The molecule has 1 aliphatic heterocycles. The molecule has 6 nitrogen and oxygen atoms in total. The van der Waals surface area contributed by atoms with Gasteiger partial charge in [-0.3, -0.25) is 9.69 Å². The van der Waals surface area contributed by atoms with E-state index in [-0.39, 0.29) is 11.9 Å². The Bertz CT molecular complexity index is 738. The second-order valence-electron chi connectivity index (χ2n) is 5.94. The van der Waals surface area contributed by atoms with Crippen molar-refractivity contribution in [1.29, 1.82) is 5.26 Å². The molecule has 0 spiro atoms. The zero-order chi connectivity index (χ0) is 17.1. The molecule has 1 saturated heterocycles. The van der Waals surface area contributed by atoms with Crippen molar-refractivity contribution in [3.05, 3.63) is 40.1 Å². The third kappa shape index (κ3) is 3.63. The Morgan fingerprint density at radius 1 is 1.67 bits per heavy atom. The summed E-state index contributed by atoms with van der Waals surface area (Å²) in [4.78, 5) is 23.1. The lowest BCUT2D eigenvalue weighted by atomic mass is 10.2. The molecule has 0 unspecified atom stereocenters. The number of nitriles is 1. The second-order valence-corrected chi connectivity index (χ2v) is 6.92. The van der Waals surface area contributed by atoms with Crippen LogP contribution in [0.15, 0.2) is 23.8 Å². The Balaban J connectivity index is 1.64. The standard InChI is InChI=1S/C16H18FN5OS/c1-21(16(23)11-4-13(6-18)20-7-11)9-14-5-12(17)8-22(14)10-15-19-2-3-24-15/h2-4,7,12,14,20H,5,8-10H2,1H3/t12-,14-/m0/s1. The molecule has 2 aromatic heterocycles. The van der Waals surface area contributed by atoms with Crippen molar-refractivity contribution in [2.45, 2.75) is 25.2 Å². The molecule has 2 atom stereocenters. The second kappa shape index (κ2) is 7.11. The molecule has 2 aromatic rings. The van der Waals surface area contributed by atoms with Crippen molar-refractivity contribution in [3.8, 4) is 6.07 Å². The van der Waals surface area contributed by atoms with Gasteiger partial charge in [-0.15, -0.1) is 11.3 Å². The molecule has 126 valence electrons. The smallest absolute Gasteiger partial charge is 0.255 e. The van der Waals surface area contributed by atoms with Crippen LogP contribution in [0.3, 0.4) is 0 Å². The number of nitrogens with zero attached hydrogens (tertiary/aromatic N) is 4. The summed E-state index contributed by atoms with van der Waals surface area (Å²) in [6.07, 6.45) is 2.80. The van der Waals surface area contributed by atoms with Crippen LogP contribution in [-0.2, 0) is 6.54 Å². The van der Waals surface area contributed by atoms with Crippen LogP contribution in [0, 0.1) is 11.3 Å². The van der Waals surface area contributed by atoms with Crippen LogP contribution in [0.25, 0.3) is 0 Å². The summed E-state index contributed by atoms with van der Waals surface area (Å²) in [5.41, 5.74) is 0.789. The number of thiazole rings is 1. The van der Waals surface area contributed by atoms with Gasteiger partial charge in [-0.05, 0) is 12.5 Å². The van der Waals surface area contributed by atoms with E-state index < -0.39 is 6.17 Å². The van der Waals surface area contributed by atoms with E-state index in [0.29, 0.717) is 37.3 Å². The number of carbonyl (C=O) groups is 1. The number of aromatic nitrogens is 2. The van der Waals surface area contributed by atoms with Crippen molar-refractivity contribution < 1.29 is 9.18 Å². The molecule has 0 aliphatic carbocycles. The fourth-order valence-corrected chi connectivity index (χ4v) is 3.65. The third-order valence-corrected chi connectivity index (χ3v) is 4.94. The molecule has 24 heavy (non-hydrogen) atoms. The normalized spacial score (nSPS) is 20.9. The molecule has 0 saturated carbocycles. The number of likely N-dealkylation sites (tertiary alicyclic amines) is 1. The highest BCUT2D eigenvalue weighted by molar-refractivity contribution is 7.09. The van der Waals surface area contributed by atoms with Crippen LogP contribution >= 0.6 is 11.3 Å². The van der Waals surface area contributed by atoms with Gasteiger partial charge in [-0.2, -0.15) is 5.26 Å². The lowest BCUT2D eigenvalue weighted by Gasteiger charge is -2.27. The van der Waals surface area contributed by atoms with Crippen LogP contribution in [0.1, 0.15) is 27.5 Å². The molecular weight excluding hydrogens is 329 g/mol. The Morgan fingerprint density at radius 2 is 2.50 bits per heavy atom. The molecule has 3 rings (SSSR count). The first kappa shape index (κ1) is 16.6. The minimum atomic E-state index is -0.879. The Labute approximate surface area is 143 Å². The van der Waals surface area contributed by atoms with Crippen LogP contribution in [0.5, 0.6) is 0 Å². The fraction of sp³-hybridized carbons (Fsp3) is 0.438. The molecule has 0 bridgehead atoms. The Kier molecular flexibility index (Phi) is 4.92. The number of amides is 1. The monoisotopic (exact) mass is 347 g/mol. The maximum atomic E-state index is 13.9. The highest BCUT2D eigenvalue weighted by Crippen LogP contribution is 2.24. The summed E-state index contributed by atoms with van der Waals surface area (Å²) in [7, 11) is 1.70. The lowest BCUT2D eigenvalue weighted by Crippen LogP contribution is -2.40. The lowest BCUT2D eigenvalue weighted by molar-refractivity contribution is 0.0750. The average molecular weight is 347 g/mol. The highest BCUT2D eigenvalue weighted by Gasteiger charge is 2.34. The average Bonchev–Trinajstić information content (AvgIpc) is 3.29. The maximum absolute atomic E-state index is 13.9. The number of alkyl halides is 1. The summed E-state index contributed by atoms with van der Waals surface area (Å²) < 4.78 is 13.9. The Morgan fingerprint density at radius 3 is 3.17 bits per heavy atom. The van der Waals surface area contributed by atoms with Gasteiger partial charge < -0.3 is 9.88 Å².